The van der Waals surface area contributed by atoms with Gasteiger partial charge in [0.1, 0.15) is 5.56 Å². The van der Waals surface area contributed by atoms with Crippen LogP contribution in [0, 0.1) is 6.92 Å². The highest BCUT2D eigenvalue weighted by molar-refractivity contribution is 5.90. The van der Waals surface area contributed by atoms with Crippen LogP contribution < -0.4 is 5.32 Å². The largest absolute Gasteiger partial charge is 0.462 e. The summed E-state index contributed by atoms with van der Waals surface area (Å²) in [7, 11) is 0. The quantitative estimate of drug-likeness (QED) is 0.662. The molecule has 1 aromatic heterocycles. The van der Waals surface area contributed by atoms with Crippen molar-refractivity contribution in [1.82, 2.24) is 9.78 Å². The summed E-state index contributed by atoms with van der Waals surface area (Å²) in [6.07, 6.45) is 0.701. The maximum Gasteiger partial charge on any atom is 0.341 e. The number of benzene rings is 1. The fourth-order valence-corrected chi connectivity index (χ4v) is 2.10. The van der Waals surface area contributed by atoms with Crippen molar-refractivity contribution in [2.24, 2.45) is 0 Å². The first-order valence-electron chi connectivity index (χ1n) is 7.41. The Balaban J connectivity index is 2.12. The molecular weight excluding hydrogens is 298 g/mol. The summed E-state index contributed by atoms with van der Waals surface area (Å²) >= 11 is 0. The SMILES string of the molecule is CCOC(=O)c1cnn(-c2ccc(NCC(O)CO)cc2)c1C. The van der Waals surface area contributed by atoms with Gasteiger partial charge in [0.2, 0.25) is 0 Å². The Bertz CT molecular complexity index is 652. The van der Waals surface area contributed by atoms with Gasteiger partial charge in [-0.1, -0.05) is 0 Å². The second-order valence-electron chi connectivity index (χ2n) is 5.04. The molecule has 0 saturated carbocycles. The number of esters is 1. The molecule has 0 fully saturated rings. The molecule has 0 aliphatic heterocycles. The van der Waals surface area contributed by atoms with Gasteiger partial charge in [-0.25, -0.2) is 9.48 Å². The lowest BCUT2D eigenvalue weighted by atomic mass is 10.2. The van der Waals surface area contributed by atoms with Crippen molar-refractivity contribution < 1.29 is 19.7 Å². The van der Waals surface area contributed by atoms with Crippen LogP contribution in [-0.4, -0.2) is 51.8 Å². The Morgan fingerprint density at radius 3 is 2.70 bits per heavy atom. The van der Waals surface area contributed by atoms with E-state index in [0.717, 1.165) is 11.4 Å². The second kappa shape index (κ2) is 7.75. The van der Waals surface area contributed by atoms with Gasteiger partial charge in [0.15, 0.2) is 0 Å². The molecule has 2 aromatic rings. The number of carbonyl (C=O) groups excluding carboxylic acids is 1. The number of nitrogens with zero attached hydrogens (tertiary/aromatic N) is 2. The van der Waals surface area contributed by atoms with E-state index in [4.69, 9.17) is 9.84 Å². The number of hydrogen-bond acceptors (Lipinski definition) is 6. The highest BCUT2D eigenvalue weighted by Crippen LogP contribution is 2.17. The lowest BCUT2D eigenvalue weighted by Crippen LogP contribution is -2.22. The second-order valence-corrected chi connectivity index (χ2v) is 5.04. The summed E-state index contributed by atoms with van der Waals surface area (Å²) in [6, 6.07) is 7.38. The summed E-state index contributed by atoms with van der Waals surface area (Å²) in [6.45, 7) is 3.88. The van der Waals surface area contributed by atoms with E-state index in [1.54, 1.807) is 11.6 Å². The number of nitrogens with one attached hydrogen (secondary N) is 1. The van der Waals surface area contributed by atoms with Gasteiger partial charge in [-0.2, -0.15) is 5.10 Å². The molecule has 1 unspecified atom stereocenters. The third-order valence-electron chi connectivity index (χ3n) is 3.37. The summed E-state index contributed by atoms with van der Waals surface area (Å²) in [5.41, 5.74) is 2.78. The fourth-order valence-electron chi connectivity index (χ4n) is 2.10. The van der Waals surface area contributed by atoms with Gasteiger partial charge in [-0.15, -0.1) is 0 Å². The minimum absolute atomic E-state index is 0.268. The zero-order valence-corrected chi connectivity index (χ0v) is 13.2. The van der Waals surface area contributed by atoms with Crippen molar-refractivity contribution in [2.75, 3.05) is 25.1 Å². The molecule has 0 amide bonds. The number of ether oxygens (including phenoxy) is 1. The van der Waals surface area contributed by atoms with E-state index in [1.165, 1.54) is 6.20 Å². The Hall–Kier alpha value is -2.38. The average molecular weight is 319 g/mol. The van der Waals surface area contributed by atoms with Crippen LogP contribution in [0.25, 0.3) is 5.69 Å². The molecule has 124 valence electrons. The Labute approximate surface area is 134 Å². The zero-order valence-electron chi connectivity index (χ0n) is 13.2. The first-order chi connectivity index (χ1) is 11.1. The smallest absolute Gasteiger partial charge is 0.341 e. The first-order valence-corrected chi connectivity index (χ1v) is 7.41. The highest BCUT2D eigenvalue weighted by Gasteiger charge is 2.15. The van der Waals surface area contributed by atoms with Gasteiger partial charge in [-0.05, 0) is 38.1 Å². The van der Waals surface area contributed by atoms with Crippen LogP contribution in [-0.2, 0) is 4.74 Å². The molecule has 0 spiro atoms. The van der Waals surface area contributed by atoms with Gasteiger partial charge in [-0.3, -0.25) is 0 Å². The predicted octanol–water partition coefficient (Wildman–Crippen LogP) is 1.12. The topological polar surface area (TPSA) is 96.6 Å². The summed E-state index contributed by atoms with van der Waals surface area (Å²) in [4.78, 5) is 11.8. The molecule has 3 N–H and O–H groups in total. The van der Waals surface area contributed by atoms with Gasteiger partial charge < -0.3 is 20.3 Å². The van der Waals surface area contributed by atoms with Gasteiger partial charge in [0, 0.05) is 12.2 Å². The van der Waals surface area contributed by atoms with E-state index >= 15 is 0 Å². The first kappa shape index (κ1) is 17.0. The maximum absolute atomic E-state index is 11.8. The number of hydrogen-bond donors (Lipinski definition) is 3. The van der Waals surface area contributed by atoms with E-state index in [0.29, 0.717) is 17.9 Å². The Morgan fingerprint density at radius 2 is 2.09 bits per heavy atom. The molecule has 7 nitrogen and oxygen atoms in total. The summed E-state index contributed by atoms with van der Waals surface area (Å²) in [5.74, 6) is -0.382. The van der Waals surface area contributed by atoms with Crippen molar-refractivity contribution >= 4 is 11.7 Å². The van der Waals surface area contributed by atoms with Crippen molar-refractivity contribution in [1.29, 1.82) is 0 Å². The number of aromatic nitrogens is 2. The summed E-state index contributed by atoms with van der Waals surface area (Å²) < 4.78 is 6.66. The van der Waals surface area contributed by atoms with Crippen molar-refractivity contribution in [3.63, 3.8) is 0 Å². The number of carbonyl (C=O) groups is 1. The fraction of sp³-hybridized carbons (Fsp3) is 0.375. The van der Waals surface area contributed by atoms with E-state index in [9.17, 15) is 9.90 Å². The van der Waals surface area contributed by atoms with Gasteiger partial charge in [0.05, 0.1) is 36.9 Å². The number of rotatable bonds is 7. The van der Waals surface area contributed by atoms with Crippen molar-refractivity contribution in [3.8, 4) is 5.69 Å². The molecular formula is C16H21N3O4. The van der Waals surface area contributed by atoms with Gasteiger partial charge >= 0.3 is 5.97 Å². The van der Waals surface area contributed by atoms with Crippen LogP contribution in [0.15, 0.2) is 30.5 Å². The van der Waals surface area contributed by atoms with Crippen molar-refractivity contribution in [2.45, 2.75) is 20.0 Å². The van der Waals surface area contributed by atoms with Crippen LogP contribution in [0.3, 0.4) is 0 Å². The van der Waals surface area contributed by atoms with Crippen LogP contribution in [0.4, 0.5) is 5.69 Å². The molecule has 0 aliphatic carbocycles. The van der Waals surface area contributed by atoms with Crippen LogP contribution in [0.2, 0.25) is 0 Å². The maximum atomic E-state index is 11.8. The number of aliphatic hydroxyl groups excluding tert-OH is 2. The highest BCUT2D eigenvalue weighted by atomic mass is 16.5. The molecule has 0 saturated heterocycles. The molecule has 0 radical (unpaired) electrons. The summed E-state index contributed by atoms with van der Waals surface area (Å²) in [5, 5.41) is 25.3. The Kier molecular flexibility index (Phi) is 5.72. The lowest BCUT2D eigenvalue weighted by Gasteiger charge is -2.11. The molecule has 7 heteroatoms. The van der Waals surface area contributed by atoms with E-state index in [2.05, 4.69) is 10.4 Å². The van der Waals surface area contributed by atoms with Crippen LogP contribution in [0.1, 0.15) is 23.0 Å². The predicted molar refractivity (Wildman–Crippen MR) is 85.8 cm³/mol. The zero-order chi connectivity index (χ0) is 16.8. The molecule has 0 bridgehead atoms. The molecule has 23 heavy (non-hydrogen) atoms. The van der Waals surface area contributed by atoms with Crippen LogP contribution >= 0.6 is 0 Å². The minimum Gasteiger partial charge on any atom is -0.462 e. The molecule has 0 aliphatic rings. The van der Waals surface area contributed by atoms with Crippen LogP contribution in [0.5, 0.6) is 0 Å². The third kappa shape index (κ3) is 4.08. The lowest BCUT2D eigenvalue weighted by molar-refractivity contribution is 0.0525. The standard InChI is InChI=1S/C16H21N3O4/c1-3-23-16(22)15-9-18-19(11(15)2)13-6-4-12(5-7-13)17-8-14(21)10-20/h4-7,9,14,17,20-21H,3,8,10H2,1-2H3. The average Bonchev–Trinajstić information content (AvgIpc) is 2.95. The molecule has 1 aromatic carbocycles. The van der Waals surface area contributed by atoms with E-state index in [1.807, 2.05) is 31.2 Å². The van der Waals surface area contributed by atoms with Gasteiger partial charge in [0.25, 0.3) is 0 Å². The normalized spacial score (nSPS) is 12.0. The number of anilines is 1. The molecule has 1 atom stereocenters. The van der Waals surface area contributed by atoms with Crippen molar-refractivity contribution in [3.05, 3.63) is 41.7 Å². The third-order valence-corrected chi connectivity index (χ3v) is 3.37. The van der Waals surface area contributed by atoms with E-state index < -0.39 is 6.10 Å². The molecule has 1 heterocycles. The number of aliphatic hydroxyl groups is 2. The monoisotopic (exact) mass is 319 g/mol. The Morgan fingerprint density at radius 1 is 1.39 bits per heavy atom. The molecule has 2 rings (SSSR count). The van der Waals surface area contributed by atoms with E-state index in [-0.39, 0.29) is 19.1 Å². The minimum atomic E-state index is -0.796.